The van der Waals surface area contributed by atoms with Crippen LogP contribution in [-0.4, -0.2) is 49.0 Å². The lowest BCUT2D eigenvalue weighted by atomic mass is 10.2. The van der Waals surface area contributed by atoms with E-state index in [9.17, 15) is 0 Å². The third-order valence-corrected chi connectivity index (χ3v) is 0.760. The molecule has 6 N–H and O–H groups in total. The first-order chi connectivity index (χ1) is 3.89. The van der Waals surface area contributed by atoms with Gasteiger partial charge in [-0.05, 0) is 0 Å². The monoisotopic (exact) mass is 140 g/mol. The molecule has 0 saturated carbocycles. The fourth-order valence-corrected chi connectivity index (χ4v) is 0.133. The van der Waals surface area contributed by atoms with Crippen molar-refractivity contribution in [3.8, 4) is 0 Å². The zero-order valence-corrected chi connectivity index (χ0v) is 4.34. The highest BCUT2D eigenvalue weighted by Crippen LogP contribution is 2.06. The van der Waals surface area contributed by atoms with Crippen LogP contribution in [0.4, 0.5) is 0 Å². The first kappa shape index (κ1) is 8.76. The molecule has 0 heterocycles. The average Bonchev–Trinajstić information content (AvgIpc) is 1.65. The Hall–Kier alpha value is -0.240. The van der Waals surface area contributed by atoms with Gasteiger partial charge in [0.2, 0.25) is 12.6 Å². The Balaban J connectivity index is 4.01. The lowest BCUT2D eigenvalue weighted by Crippen LogP contribution is -2.52. The molecule has 6 heteroatoms. The molecule has 56 valence electrons. The van der Waals surface area contributed by atoms with E-state index >= 15 is 0 Å². The van der Waals surface area contributed by atoms with Gasteiger partial charge in [-0.15, -0.1) is 0 Å². The van der Waals surface area contributed by atoms with Crippen LogP contribution in [0.3, 0.4) is 0 Å². The molecule has 0 unspecified atom stereocenters. The SMILES string of the molecule is OC(O)C(O)(O)C(O)O. The number of hydrogen-bond acceptors (Lipinski definition) is 6. The van der Waals surface area contributed by atoms with Crippen LogP contribution in [-0.2, 0) is 0 Å². The zero-order valence-electron chi connectivity index (χ0n) is 4.34. The molecule has 0 aliphatic heterocycles. The molecule has 0 rings (SSSR count). The summed E-state index contributed by atoms with van der Waals surface area (Å²) in [5.41, 5.74) is 0. The Morgan fingerprint density at radius 2 is 1.00 bits per heavy atom. The second-order valence-electron chi connectivity index (χ2n) is 1.53. The molecular weight excluding hydrogens is 132 g/mol. The van der Waals surface area contributed by atoms with Crippen molar-refractivity contribution in [1.29, 1.82) is 0 Å². The predicted molar refractivity (Wildman–Crippen MR) is 23.6 cm³/mol. The van der Waals surface area contributed by atoms with Gasteiger partial charge in [0, 0.05) is 0 Å². The molecule has 9 heavy (non-hydrogen) atoms. The molecule has 0 aromatic rings. The summed E-state index contributed by atoms with van der Waals surface area (Å²) in [7, 11) is 0. The highest BCUT2D eigenvalue weighted by atomic mass is 16.6. The lowest BCUT2D eigenvalue weighted by Gasteiger charge is -2.24. The molecule has 0 aliphatic rings. The summed E-state index contributed by atoms with van der Waals surface area (Å²) < 4.78 is 0. The molecule has 6 nitrogen and oxygen atoms in total. The van der Waals surface area contributed by atoms with Crippen molar-refractivity contribution in [1.82, 2.24) is 0 Å². The minimum Gasteiger partial charge on any atom is -0.364 e. The van der Waals surface area contributed by atoms with Crippen LogP contribution in [0.5, 0.6) is 0 Å². The third-order valence-electron chi connectivity index (χ3n) is 0.760. The largest absolute Gasteiger partial charge is 0.364 e. The standard InChI is InChI=1S/C3H8O6/c4-1(5)3(8,9)2(6)7/h1-2,4-9H. The molecule has 0 spiro atoms. The molecule has 0 amide bonds. The molecule has 0 bridgehead atoms. The number of aliphatic hydroxyl groups excluding tert-OH is 2. The van der Waals surface area contributed by atoms with Crippen molar-refractivity contribution in [2.24, 2.45) is 0 Å². The fourth-order valence-electron chi connectivity index (χ4n) is 0.133. The molecular formula is C3H8O6. The normalized spacial score (nSPS) is 13.3. The third kappa shape index (κ3) is 1.86. The van der Waals surface area contributed by atoms with Gasteiger partial charge in [-0.1, -0.05) is 0 Å². The molecule has 0 radical (unpaired) electrons. The summed E-state index contributed by atoms with van der Waals surface area (Å²) in [5, 5.41) is 48.4. The first-order valence-electron chi connectivity index (χ1n) is 2.06. The van der Waals surface area contributed by atoms with Crippen LogP contribution in [0.1, 0.15) is 0 Å². The summed E-state index contributed by atoms with van der Waals surface area (Å²) in [4.78, 5) is 0. The Morgan fingerprint density at radius 1 is 0.778 bits per heavy atom. The van der Waals surface area contributed by atoms with Crippen molar-refractivity contribution in [2.75, 3.05) is 0 Å². The first-order valence-corrected chi connectivity index (χ1v) is 2.06. The number of rotatable bonds is 2. The van der Waals surface area contributed by atoms with Gasteiger partial charge in [-0.2, -0.15) is 0 Å². The topological polar surface area (TPSA) is 121 Å². The van der Waals surface area contributed by atoms with Gasteiger partial charge in [0.15, 0.2) is 0 Å². The molecule has 0 fully saturated rings. The molecule has 0 atom stereocenters. The summed E-state index contributed by atoms with van der Waals surface area (Å²) >= 11 is 0. The maximum absolute atomic E-state index is 8.22. The van der Waals surface area contributed by atoms with E-state index in [-0.39, 0.29) is 0 Å². The van der Waals surface area contributed by atoms with Crippen molar-refractivity contribution in [2.45, 2.75) is 18.4 Å². The van der Waals surface area contributed by atoms with E-state index in [2.05, 4.69) is 0 Å². The van der Waals surface area contributed by atoms with E-state index in [1.54, 1.807) is 0 Å². The zero-order chi connectivity index (χ0) is 7.65. The predicted octanol–water partition coefficient (Wildman–Crippen LogP) is -3.71. The van der Waals surface area contributed by atoms with Gasteiger partial charge >= 0.3 is 0 Å². The molecule has 0 aliphatic carbocycles. The van der Waals surface area contributed by atoms with Crippen LogP contribution >= 0.6 is 0 Å². The highest BCUT2D eigenvalue weighted by molar-refractivity contribution is 4.67. The Morgan fingerprint density at radius 3 is 1.00 bits per heavy atom. The maximum Gasteiger partial charge on any atom is 0.267 e. The Bertz CT molecular complexity index is 76.3. The van der Waals surface area contributed by atoms with Gasteiger partial charge in [-0.25, -0.2) is 0 Å². The lowest BCUT2D eigenvalue weighted by molar-refractivity contribution is -0.364. The van der Waals surface area contributed by atoms with Gasteiger partial charge in [0.1, 0.15) is 0 Å². The Labute approximate surface area is 50.2 Å². The van der Waals surface area contributed by atoms with Gasteiger partial charge in [-0.3, -0.25) is 0 Å². The summed E-state index contributed by atoms with van der Waals surface area (Å²) in [6, 6.07) is 0. The van der Waals surface area contributed by atoms with E-state index < -0.39 is 18.4 Å². The van der Waals surface area contributed by atoms with E-state index in [1.165, 1.54) is 0 Å². The maximum atomic E-state index is 8.22. The summed E-state index contributed by atoms with van der Waals surface area (Å²) in [6.07, 6.45) is -5.20. The van der Waals surface area contributed by atoms with Crippen molar-refractivity contribution in [3.63, 3.8) is 0 Å². The molecule has 0 saturated heterocycles. The van der Waals surface area contributed by atoms with Crippen molar-refractivity contribution in [3.05, 3.63) is 0 Å². The van der Waals surface area contributed by atoms with Gasteiger partial charge in [0.25, 0.3) is 5.79 Å². The van der Waals surface area contributed by atoms with Gasteiger partial charge < -0.3 is 30.6 Å². The molecule has 0 aromatic heterocycles. The van der Waals surface area contributed by atoms with Gasteiger partial charge in [0.05, 0.1) is 0 Å². The Kier molecular flexibility index (Phi) is 2.50. The van der Waals surface area contributed by atoms with Crippen LogP contribution < -0.4 is 0 Å². The summed E-state index contributed by atoms with van der Waals surface area (Å²) in [6.45, 7) is 0. The van der Waals surface area contributed by atoms with E-state index in [4.69, 9.17) is 30.6 Å². The molecule has 0 aromatic carbocycles. The van der Waals surface area contributed by atoms with E-state index in [1.807, 2.05) is 0 Å². The van der Waals surface area contributed by atoms with Crippen LogP contribution in [0.15, 0.2) is 0 Å². The van der Waals surface area contributed by atoms with E-state index in [0.29, 0.717) is 0 Å². The fraction of sp³-hybridized carbons (Fsp3) is 1.00. The summed E-state index contributed by atoms with van der Waals surface area (Å²) in [5.74, 6) is -3.28. The number of aliphatic hydroxyl groups is 6. The average molecular weight is 140 g/mol. The minimum atomic E-state index is -3.28. The highest BCUT2D eigenvalue weighted by Gasteiger charge is 2.39. The van der Waals surface area contributed by atoms with Crippen molar-refractivity contribution >= 4 is 0 Å². The van der Waals surface area contributed by atoms with Crippen molar-refractivity contribution < 1.29 is 30.6 Å². The quantitative estimate of drug-likeness (QED) is 0.219. The van der Waals surface area contributed by atoms with Crippen LogP contribution in [0.2, 0.25) is 0 Å². The number of hydrogen-bond donors (Lipinski definition) is 6. The van der Waals surface area contributed by atoms with E-state index in [0.717, 1.165) is 0 Å². The second kappa shape index (κ2) is 2.56. The smallest absolute Gasteiger partial charge is 0.267 e. The minimum absolute atomic E-state index is 2.60. The second-order valence-corrected chi connectivity index (χ2v) is 1.53. The van der Waals surface area contributed by atoms with Crippen LogP contribution in [0, 0.1) is 0 Å². The van der Waals surface area contributed by atoms with Crippen LogP contribution in [0.25, 0.3) is 0 Å².